The highest BCUT2D eigenvalue weighted by Crippen LogP contribution is 2.37. The normalized spacial score (nSPS) is 22.0. The van der Waals surface area contributed by atoms with Gasteiger partial charge in [-0.25, -0.2) is 4.68 Å². The van der Waals surface area contributed by atoms with Crippen LogP contribution in [0.25, 0.3) is 16.7 Å². The van der Waals surface area contributed by atoms with Gasteiger partial charge in [-0.2, -0.15) is 15.0 Å². The molecule has 3 fully saturated rings. The van der Waals surface area contributed by atoms with E-state index >= 15 is 0 Å². The van der Waals surface area contributed by atoms with Gasteiger partial charge in [0.2, 0.25) is 0 Å². The van der Waals surface area contributed by atoms with Crippen molar-refractivity contribution in [2.45, 2.75) is 43.7 Å². The Hall–Kier alpha value is -1.96. The molecule has 4 heterocycles. The molecule has 2 aliphatic heterocycles. The molecule has 2 saturated heterocycles. The molecule has 0 bridgehead atoms. The van der Waals surface area contributed by atoms with Gasteiger partial charge < -0.3 is 4.74 Å². The van der Waals surface area contributed by atoms with Gasteiger partial charge >= 0.3 is 0 Å². The Labute approximate surface area is 168 Å². The van der Waals surface area contributed by atoms with Crippen molar-refractivity contribution in [3.05, 3.63) is 35.1 Å². The van der Waals surface area contributed by atoms with Gasteiger partial charge in [0.05, 0.1) is 43.2 Å². The van der Waals surface area contributed by atoms with E-state index in [4.69, 9.17) is 16.3 Å². The second-order valence-corrected chi connectivity index (χ2v) is 8.65. The fourth-order valence-electron chi connectivity index (χ4n) is 4.41. The highest BCUT2D eigenvalue weighted by molar-refractivity contribution is 6.32. The Bertz CT molecular complexity index is 1010. The second-order valence-electron chi connectivity index (χ2n) is 8.24. The minimum Gasteiger partial charge on any atom is -0.378 e. The second kappa shape index (κ2) is 6.54. The molecule has 3 aliphatic rings. The molecule has 2 aromatic heterocycles. The van der Waals surface area contributed by atoms with E-state index in [0.717, 1.165) is 60.9 Å². The van der Waals surface area contributed by atoms with Crippen molar-refractivity contribution >= 4 is 22.5 Å². The third kappa shape index (κ3) is 2.84. The Morgan fingerprint density at radius 3 is 2.50 bits per heavy atom. The Morgan fingerprint density at radius 2 is 1.79 bits per heavy atom. The summed E-state index contributed by atoms with van der Waals surface area (Å²) in [4.78, 5) is 4.38. The summed E-state index contributed by atoms with van der Waals surface area (Å²) in [5.74, 6) is 1.26. The van der Waals surface area contributed by atoms with E-state index in [2.05, 4.69) is 26.3 Å². The quantitative estimate of drug-likeness (QED) is 0.675. The molecule has 0 N–H and O–H groups in total. The fraction of sp³-hybridized carbons (Fsp3) is 0.550. The molecule has 1 aliphatic carbocycles. The molecule has 146 valence electrons. The molecule has 7 nitrogen and oxygen atoms in total. The number of piperidine rings is 1. The van der Waals surface area contributed by atoms with Crippen molar-refractivity contribution in [3.8, 4) is 5.82 Å². The van der Waals surface area contributed by atoms with Crippen LogP contribution in [-0.2, 0) is 4.74 Å². The zero-order valence-electron chi connectivity index (χ0n) is 15.7. The largest absolute Gasteiger partial charge is 0.378 e. The third-order valence-electron chi connectivity index (χ3n) is 6.38. The summed E-state index contributed by atoms with van der Waals surface area (Å²) in [6.07, 6.45) is 8.26. The van der Waals surface area contributed by atoms with Crippen LogP contribution in [0.1, 0.15) is 43.2 Å². The standard InChI is InChI=1S/C20H23ClN6O/c21-18-7-14-9-22-26(20-10-23-27(24-20)15-1-2-15)19(14)8-17(18)13-3-5-25(6-4-13)16-11-28-12-16/h7-10,13,15-16H,1-6,11-12H2. The molecule has 1 saturated carbocycles. The Morgan fingerprint density at radius 1 is 0.964 bits per heavy atom. The first kappa shape index (κ1) is 16.9. The van der Waals surface area contributed by atoms with E-state index in [-0.39, 0.29) is 0 Å². The summed E-state index contributed by atoms with van der Waals surface area (Å²) in [6, 6.07) is 5.35. The topological polar surface area (TPSA) is 61.0 Å². The van der Waals surface area contributed by atoms with Gasteiger partial charge in [0.25, 0.3) is 0 Å². The summed E-state index contributed by atoms with van der Waals surface area (Å²) in [5, 5.41) is 15.5. The monoisotopic (exact) mass is 398 g/mol. The Balaban J connectivity index is 1.30. The molecule has 0 spiro atoms. The van der Waals surface area contributed by atoms with Crippen LogP contribution < -0.4 is 0 Å². The van der Waals surface area contributed by atoms with Gasteiger partial charge in [0.15, 0.2) is 5.82 Å². The van der Waals surface area contributed by atoms with E-state index in [0.29, 0.717) is 18.0 Å². The van der Waals surface area contributed by atoms with Crippen molar-refractivity contribution in [2.24, 2.45) is 0 Å². The number of nitrogens with zero attached hydrogens (tertiary/aromatic N) is 6. The van der Waals surface area contributed by atoms with Crippen molar-refractivity contribution in [2.75, 3.05) is 26.3 Å². The lowest BCUT2D eigenvalue weighted by molar-refractivity contribution is -0.0712. The number of fused-ring (bicyclic) bond motifs is 1. The minimum absolute atomic E-state index is 0.465. The maximum absolute atomic E-state index is 6.68. The summed E-state index contributed by atoms with van der Waals surface area (Å²) in [5.41, 5.74) is 2.28. The first-order valence-corrected chi connectivity index (χ1v) is 10.6. The summed E-state index contributed by atoms with van der Waals surface area (Å²) < 4.78 is 7.24. The molecular formula is C20H23ClN6O. The predicted molar refractivity (Wildman–Crippen MR) is 106 cm³/mol. The number of ether oxygens (including phenoxy) is 1. The van der Waals surface area contributed by atoms with Gasteiger partial charge in [-0.15, -0.1) is 5.10 Å². The highest BCUT2D eigenvalue weighted by Gasteiger charge is 2.31. The Kier molecular flexibility index (Phi) is 3.96. The summed E-state index contributed by atoms with van der Waals surface area (Å²) in [6.45, 7) is 4.00. The van der Waals surface area contributed by atoms with Gasteiger partial charge in [-0.3, -0.25) is 4.90 Å². The highest BCUT2D eigenvalue weighted by atomic mass is 35.5. The van der Waals surface area contributed by atoms with E-state index in [9.17, 15) is 0 Å². The first-order chi connectivity index (χ1) is 13.8. The molecule has 0 atom stereocenters. The predicted octanol–water partition coefficient (Wildman–Crippen LogP) is 3.18. The van der Waals surface area contributed by atoms with E-state index < -0.39 is 0 Å². The van der Waals surface area contributed by atoms with Crippen molar-refractivity contribution in [3.63, 3.8) is 0 Å². The molecule has 28 heavy (non-hydrogen) atoms. The lowest BCUT2D eigenvalue weighted by Gasteiger charge is -2.41. The number of aromatic nitrogens is 5. The van der Waals surface area contributed by atoms with Crippen LogP contribution in [0.5, 0.6) is 0 Å². The lowest BCUT2D eigenvalue weighted by Crippen LogP contribution is -2.51. The van der Waals surface area contributed by atoms with E-state index in [1.54, 1.807) is 6.20 Å². The van der Waals surface area contributed by atoms with Crippen LogP contribution in [0.4, 0.5) is 0 Å². The zero-order valence-corrected chi connectivity index (χ0v) is 16.4. The van der Waals surface area contributed by atoms with Gasteiger partial charge in [-0.1, -0.05) is 11.6 Å². The number of hydrogen-bond donors (Lipinski definition) is 0. The first-order valence-electron chi connectivity index (χ1n) is 10.2. The van der Waals surface area contributed by atoms with Gasteiger partial charge in [0.1, 0.15) is 0 Å². The molecule has 1 aromatic carbocycles. The van der Waals surface area contributed by atoms with Crippen LogP contribution in [0.3, 0.4) is 0 Å². The number of benzene rings is 1. The van der Waals surface area contributed by atoms with Crippen LogP contribution in [-0.4, -0.2) is 62.0 Å². The molecule has 3 aromatic rings. The van der Waals surface area contributed by atoms with E-state index in [1.165, 1.54) is 18.4 Å². The number of hydrogen-bond acceptors (Lipinski definition) is 5. The zero-order chi connectivity index (χ0) is 18.7. The van der Waals surface area contributed by atoms with Gasteiger partial charge in [-0.05, 0) is 62.4 Å². The average Bonchev–Trinajstić information content (AvgIpc) is 3.26. The van der Waals surface area contributed by atoms with Gasteiger partial charge in [0, 0.05) is 10.4 Å². The summed E-state index contributed by atoms with van der Waals surface area (Å²) >= 11 is 6.68. The molecule has 8 heteroatoms. The minimum atomic E-state index is 0.465. The molecule has 0 radical (unpaired) electrons. The fourth-order valence-corrected chi connectivity index (χ4v) is 4.74. The van der Waals surface area contributed by atoms with E-state index in [1.807, 2.05) is 21.7 Å². The van der Waals surface area contributed by atoms with Crippen molar-refractivity contribution < 1.29 is 4.74 Å². The van der Waals surface area contributed by atoms with Crippen LogP contribution in [0, 0.1) is 0 Å². The number of likely N-dealkylation sites (tertiary alicyclic amines) is 1. The smallest absolute Gasteiger partial charge is 0.196 e. The molecule has 0 unspecified atom stereocenters. The third-order valence-corrected chi connectivity index (χ3v) is 6.71. The summed E-state index contributed by atoms with van der Waals surface area (Å²) in [7, 11) is 0. The van der Waals surface area contributed by atoms with Crippen LogP contribution in [0.2, 0.25) is 5.02 Å². The average molecular weight is 399 g/mol. The van der Waals surface area contributed by atoms with Crippen LogP contribution in [0.15, 0.2) is 24.5 Å². The SMILES string of the molecule is Clc1cc2cnn(-c3cnn(C4CC4)n3)c2cc1C1CCN(C2COC2)CC1. The molecular weight excluding hydrogens is 376 g/mol. The lowest BCUT2D eigenvalue weighted by atomic mass is 9.88. The van der Waals surface area contributed by atoms with Crippen molar-refractivity contribution in [1.29, 1.82) is 0 Å². The van der Waals surface area contributed by atoms with Crippen LogP contribution >= 0.6 is 11.6 Å². The maximum Gasteiger partial charge on any atom is 0.196 e. The maximum atomic E-state index is 6.68. The number of rotatable bonds is 4. The van der Waals surface area contributed by atoms with Crippen molar-refractivity contribution in [1.82, 2.24) is 29.7 Å². The molecule has 0 amide bonds. The molecule has 6 rings (SSSR count). The number of halogens is 1.